The summed E-state index contributed by atoms with van der Waals surface area (Å²) in [5.41, 5.74) is 4.90. The topological polar surface area (TPSA) is 36.4 Å². The maximum absolute atomic E-state index is 4.94. The summed E-state index contributed by atoms with van der Waals surface area (Å²) in [7, 11) is 1.76. The number of nitrogens with one attached hydrogen (secondary N) is 2. The molecule has 80 valence electrons. The molecule has 0 fully saturated rings. The Morgan fingerprint density at radius 1 is 1.33 bits per heavy atom. The third-order valence-corrected chi connectivity index (χ3v) is 2.26. The van der Waals surface area contributed by atoms with Crippen LogP contribution in [0.4, 0.5) is 0 Å². The zero-order valence-electron chi connectivity index (χ0n) is 8.95. The van der Waals surface area contributed by atoms with E-state index < -0.39 is 0 Å². The van der Waals surface area contributed by atoms with E-state index in [1.54, 1.807) is 7.05 Å². The lowest BCUT2D eigenvalue weighted by Crippen LogP contribution is -2.29. The van der Waals surface area contributed by atoms with Crippen molar-refractivity contribution in [3.05, 3.63) is 35.9 Å². The van der Waals surface area contributed by atoms with Gasteiger partial charge in [0.2, 0.25) is 0 Å². The first-order chi connectivity index (χ1) is 7.27. The lowest BCUT2D eigenvalue weighted by Gasteiger charge is -2.05. The maximum atomic E-state index is 4.94. The number of rotatable bonds is 3. The summed E-state index contributed by atoms with van der Waals surface area (Å²) in [4.78, 5) is 0. The van der Waals surface area contributed by atoms with Gasteiger partial charge in [0.05, 0.1) is 5.71 Å². The molecule has 0 amide bonds. The van der Waals surface area contributed by atoms with Gasteiger partial charge in [-0.25, -0.2) is 0 Å². The molecule has 4 heteroatoms. The van der Waals surface area contributed by atoms with Gasteiger partial charge in [0.15, 0.2) is 5.11 Å². The summed E-state index contributed by atoms with van der Waals surface area (Å²) in [5, 5.41) is 7.58. The second-order valence-electron chi connectivity index (χ2n) is 2.97. The van der Waals surface area contributed by atoms with Gasteiger partial charge in [-0.05, 0) is 24.2 Å². The van der Waals surface area contributed by atoms with Gasteiger partial charge in [-0.1, -0.05) is 37.3 Å². The molecule has 1 rings (SSSR count). The Balaban J connectivity index is 2.76. The van der Waals surface area contributed by atoms with Crippen LogP contribution in [0.3, 0.4) is 0 Å². The molecule has 1 aromatic carbocycles. The van der Waals surface area contributed by atoms with E-state index in [9.17, 15) is 0 Å². The highest BCUT2D eigenvalue weighted by Crippen LogP contribution is 2.03. The fraction of sp³-hybridized carbons (Fsp3) is 0.273. The van der Waals surface area contributed by atoms with E-state index in [0.717, 1.165) is 17.7 Å². The standard InChI is InChI=1S/C11H15N3S/c1-3-10(13-14-11(15)12-2)9-7-5-4-6-8-9/h4-8H,3H2,1-2H3,(H2,12,14,15)/b13-10-. The molecule has 0 radical (unpaired) electrons. The van der Waals surface area contributed by atoms with Crippen molar-refractivity contribution < 1.29 is 0 Å². The fourth-order valence-electron chi connectivity index (χ4n) is 1.15. The molecule has 0 atom stereocenters. The highest BCUT2D eigenvalue weighted by Gasteiger charge is 1.99. The Labute approximate surface area is 95.6 Å². The van der Waals surface area contributed by atoms with Gasteiger partial charge in [0.25, 0.3) is 0 Å². The summed E-state index contributed by atoms with van der Waals surface area (Å²) in [6.45, 7) is 2.07. The van der Waals surface area contributed by atoms with Crippen LogP contribution >= 0.6 is 12.2 Å². The smallest absolute Gasteiger partial charge is 0.186 e. The largest absolute Gasteiger partial charge is 0.364 e. The van der Waals surface area contributed by atoms with Crippen LogP contribution in [0.15, 0.2) is 35.4 Å². The molecule has 0 saturated carbocycles. The molecule has 1 aromatic rings. The molecule has 0 saturated heterocycles. The molecule has 0 bridgehead atoms. The van der Waals surface area contributed by atoms with E-state index in [-0.39, 0.29) is 0 Å². The Kier molecular flexibility index (Phi) is 4.77. The predicted molar refractivity (Wildman–Crippen MR) is 68.1 cm³/mol. The zero-order chi connectivity index (χ0) is 11.1. The van der Waals surface area contributed by atoms with Crippen molar-refractivity contribution >= 4 is 23.0 Å². The first kappa shape index (κ1) is 11.7. The Bertz CT molecular complexity index is 346. The molecule has 0 heterocycles. The lowest BCUT2D eigenvalue weighted by molar-refractivity contribution is 0.965. The molecule has 0 spiro atoms. The molecular formula is C11H15N3S. The minimum absolute atomic E-state index is 0.525. The summed E-state index contributed by atoms with van der Waals surface area (Å²) < 4.78 is 0. The van der Waals surface area contributed by atoms with Gasteiger partial charge in [0, 0.05) is 7.05 Å². The highest BCUT2D eigenvalue weighted by atomic mass is 32.1. The molecule has 0 aromatic heterocycles. The van der Waals surface area contributed by atoms with Gasteiger partial charge in [0.1, 0.15) is 0 Å². The number of thiocarbonyl (C=S) groups is 1. The van der Waals surface area contributed by atoms with Crippen molar-refractivity contribution in [2.24, 2.45) is 5.10 Å². The Morgan fingerprint density at radius 2 is 2.00 bits per heavy atom. The van der Waals surface area contributed by atoms with Crippen LogP contribution in [0.2, 0.25) is 0 Å². The minimum Gasteiger partial charge on any atom is -0.364 e. The lowest BCUT2D eigenvalue weighted by atomic mass is 10.1. The SMILES string of the molecule is CC/C(=N/NC(=S)NC)c1ccccc1. The van der Waals surface area contributed by atoms with Crippen LogP contribution < -0.4 is 10.7 Å². The number of nitrogens with zero attached hydrogens (tertiary/aromatic N) is 1. The Morgan fingerprint density at radius 3 is 2.53 bits per heavy atom. The van der Waals surface area contributed by atoms with Gasteiger partial charge in [-0.15, -0.1) is 0 Å². The van der Waals surface area contributed by atoms with Crippen LogP contribution in [0.5, 0.6) is 0 Å². The zero-order valence-corrected chi connectivity index (χ0v) is 9.77. The highest BCUT2D eigenvalue weighted by molar-refractivity contribution is 7.80. The van der Waals surface area contributed by atoms with Crippen molar-refractivity contribution in [3.8, 4) is 0 Å². The molecule has 2 N–H and O–H groups in total. The molecule has 0 aliphatic carbocycles. The van der Waals surface area contributed by atoms with E-state index >= 15 is 0 Å². The van der Waals surface area contributed by atoms with Crippen LogP contribution in [-0.2, 0) is 0 Å². The van der Waals surface area contributed by atoms with E-state index in [1.807, 2.05) is 30.3 Å². The number of hydrogen-bond acceptors (Lipinski definition) is 2. The first-order valence-corrected chi connectivity index (χ1v) is 5.28. The molecule has 15 heavy (non-hydrogen) atoms. The van der Waals surface area contributed by atoms with Crippen molar-refractivity contribution in [3.63, 3.8) is 0 Å². The third kappa shape index (κ3) is 3.67. The summed E-state index contributed by atoms with van der Waals surface area (Å²) >= 11 is 4.94. The van der Waals surface area contributed by atoms with Crippen LogP contribution in [0.25, 0.3) is 0 Å². The van der Waals surface area contributed by atoms with E-state index in [4.69, 9.17) is 12.2 Å². The van der Waals surface area contributed by atoms with Gasteiger partial charge < -0.3 is 5.32 Å². The molecule has 3 nitrogen and oxygen atoms in total. The number of hydrazone groups is 1. The average molecular weight is 221 g/mol. The van der Waals surface area contributed by atoms with Gasteiger partial charge >= 0.3 is 0 Å². The predicted octanol–water partition coefficient (Wildman–Crippen LogP) is 1.89. The number of hydrogen-bond donors (Lipinski definition) is 2. The summed E-state index contributed by atoms with van der Waals surface area (Å²) in [6, 6.07) is 10.1. The molecule has 0 aliphatic rings. The van der Waals surface area contributed by atoms with Gasteiger partial charge in [-0.3, -0.25) is 5.43 Å². The van der Waals surface area contributed by atoms with Crippen LogP contribution in [0, 0.1) is 0 Å². The van der Waals surface area contributed by atoms with Crippen molar-refractivity contribution in [2.45, 2.75) is 13.3 Å². The fourth-order valence-corrected chi connectivity index (χ4v) is 1.20. The van der Waals surface area contributed by atoms with E-state index in [2.05, 4.69) is 22.8 Å². The van der Waals surface area contributed by atoms with E-state index in [0.29, 0.717) is 5.11 Å². The minimum atomic E-state index is 0.525. The monoisotopic (exact) mass is 221 g/mol. The normalized spacial score (nSPS) is 10.9. The van der Waals surface area contributed by atoms with Crippen molar-refractivity contribution in [1.82, 2.24) is 10.7 Å². The van der Waals surface area contributed by atoms with Crippen LogP contribution in [0.1, 0.15) is 18.9 Å². The third-order valence-electron chi connectivity index (χ3n) is 1.96. The number of benzene rings is 1. The molecular weight excluding hydrogens is 206 g/mol. The van der Waals surface area contributed by atoms with Crippen LogP contribution in [-0.4, -0.2) is 17.9 Å². The summed E-state index contributed by atoms with van der Waals surface area (Å²) in [5.74, 6) is 0. The Hall–Kier alpha value is -1.42. The first-order valence-electron chi connectivity index (χ1n) is 4.87. The van der Waals surface area contributed by atoms with E-state index in [1.165, 1.54) is 0 Å². The molecule has 0 aliphatic heterocycles. The quantitative estimate of drug-likeness (QED) is 0.465. The summed E-state index contributed by atoms with van der Waals surface area (Å²) in [6.07, 6.45) is 0.864. The average Bonchev–Trinajstić information content (AvgIpc) is 2.31. The second kappa shape index (κ2) is 6.14. The maximum Gasteiger partial charge on any atom is 0.186 e. The second-order valence-corrected chi connectivity index (χ2v) is 3.38. The van der Waals surface area contributed by atoms with Crippen molar-refractivity contribution in [2.75, 3.05) is 7.05 Å². The molecule has 0 unspecified atom stereocenters. The van der Waals surface area contributed by atoms with Gasteiger partial charge in [-0.2, -0.15) is 5.10 Å². The van der Waals surface area contributed by atoms with Crippen molar-refractivity contribution in [1.29, 1.82) is 0 Å².